The Balaban J connectivity index is 1.66. The topological polar surface area (TPSA) is 55.2 Å². The average molecular weight is 288 g/mol. The predicted octanol–water partition coefficient (Wildman–Crippen LogP) is 4.82. The smallest absolute Gasteiger partial charge is 0.292 e. The van der Waals surface area contributed by atoms with Gasteiger partial charge in [0.1, 0.15) is 5.69 Å². The number of benzene rings is 1. The fourth-order valence-electron chi connectivity index (χ4n) is 4.13. The van der Waals surface area contributed by atoms with Crippen LogP contribution in [0.1, 0.15) is 56.9 Å². The summed E-state index contributed by atoms with van der Waals surface area (Å²) < 4.78 is 0. The summed E-state index contributed by atoms with van der Waals surface area (Å²) in [7, 11) is 0. The molecule has 0 unspecified atom stereocenters. The third-order valence-corrected chi connectivity index (χ3v) is 5.42. The van der Waals surface area contributed by atoms with Crippen molar-refractivity contribution in [1.82, 2.24) is 0 Å². The van der Waals surface area contributed by atoms with Crippen LogP contribution in [-0.4, -0.2) is 11.0 Å². The molecule has 1 aromatic carbocycles. The highest BCUT2D eigenvalue weighted by Crippen LogP contribution is 2.49. The molecule has 0 amide bonds. The average Bonchev–Trinajstić information content (AvgIpc) is 2.92. The van der Waals surface area contributed by atoms with E-state index in [0.717, 1.165) is 18.4 Å². The number of nitrogens with one attached hydrogen (secondary N) is 1. The van der Waals surface area contributed by atoms with E-state index in [1.807, 2.05) is 19.1 Å². The Labute approximate surface area is 126 Å². The zero-order valence-corrected chi connectivity index (χ0v) is 12.7. The van der Waals surface area contributed by atoms with Crippen LogP contribution in [0.25, 0.3) is 0 Å². The van der Waals surface area contributed by atoms with Gasteiger partial charge in [-0.25, -0.2) is 0 Å². The van der Waals surface area contributed by atoms with Crippen molar-refractivity contribution in [1.29, 1.82) is 0 Å². The summed E-state index contributed by atoms with van der Waals surface area (Å²) in [6, 6.07) is 5.84. The molecule has 4 heteroatoms. The Hall–Kier alpha value is -1.58. The summed E-state index contributed by atoms with van der Waals surface area (Å²) in [6.07, 6.45) is 10.4. The first-order valence-corrected chi connectivity index (χ1v) is 8.10. The molecular formula is C17H24N2O2. The van der Waals surface area contributed by atoms with Crippen LogP contribution in [0.4, 0.5) is 11.4 Å². The van der Waals surface area contributed by atoms with Crippen LogP contribution in [0.2, 0.25) is 0 Å². The van der Waals surface area contributed by atoms with Crippen LogP contribution in [0, 0.1) is 22.5 Å². The molecule has 0 aliphatic heterocycles. The van der Waals surface area contributed by atoms with Gasteiger partial charge >= 0.3 is 0 Å². The van der Waals surface area contributed by atoms with Gasteiger partial charge in [0, 0.05) is 12.1 Å². The summed E-state index contributed by atoms with van der Waals surface area (Å²) in [6.45, 7) is 1.89. The molecule has 4 nitrogen and oxygen atoms in total. The molecule has 0 saturated heterocycles. The third kappa shape index (κ3) is 3.04. The lowest BCUT2D eigenvalue weighted by Crippen LogP contribution is -2.31. The van der Waals surface area contributed by atoms with E-state index in [0.29, 0.717) is 17.1 Å². The van der Waals surface area contributed by atoms with Gasteiger partial charge in [0.2, 0.25) is 0 Å². The number of rotatable bonds is 3. The van der Waals surface area contributed by atoms with E-state index in [-0.39, 0.29) is 10.6 Å². The van der Waals surface area contributed by atoms with Gasteiger partial charge in [-0.05, 0) is 62.5 Å². The number of hydrogen-bond acceptors (Lipinski definition) is 3. The first-order chi connectivity index (χ1) is 10.1. The number of nitro groups is 1. The molecule has 2 aliphatic carbocycles. The molecule has 114 valence electrons. The second-order valence-corrected chi connectivity index (χ2v) is 6.90. The number of nitrogens with zero attached hydrogens (tertiary/aromatic N) is 1. The molecule has 3 rings (SSSR count). The first kappa shape index (κ1) is 14.4. The summed E-state index contributed by atoms with van der Waals surface area (Å²) in [5, 5.41) is 14.6. The van der Waals surface area contributed by atoms with Crippen LogP contribution in [0.5, 0.6) is 0 Å². The third-order valence-electron chi connectivity index (χ3n) is 5.42. The molecule has 1 aromatic rings. The Kier molecular flexibility index (Phi) is 3.87. The maximum Gasteiger partial charge on any atom is 0.292 e. The van der Waals surface area contributed by atoms with Crippen molar-refractivity contribution < 1.29 is 4.92 Å². The highest BCUT2D eigenvalue weighted by molar-refractivity contribution is 5.63. The Morgan fingerprint density at radius 1 is 1.19 bits per heavy atom. The van der Waals surface area contributed by atoms with Gasteiger partial charge in [0.25, 0.3) is 5.69 Å². The number of hydrogen-bond donors (Lipinski definition) is 1. The van der Waals surface area contributed by atoms with Crippen LogP contribution in [-0.2, 0) is 0 Å². The van der Waals surface area contributed by atoms with Crippen molar-refractivity contribution >= 4 is 11.4 Å². The monoisotopic (exact) mass is 288 g/mol. The number of anilines is 1. The second kappa shape index (κ2) is 5.66. The van der Waals surface area contributed by atoms with E-state index in [4.69, 9.17) is 0 Å². The minimum absolute atomic E-state index is 0.205. The van der Waals surface area contributed by atoms with Crippen molar-refractivity contribution in [3.05, 3.63) is 33.9 Å². The molecule has 1 N–H and O–H groups in total. The maximum absolute atomic E-state index is 11.2. The molecular weight excluding hydrogens is 264 g/mol. The SMILES string of the molecule is Cc1ccc(NC2CCC3(CCCC3)CC2)c([N+](=O)[O-])c1. The largest absolute Gasteiger partial charge is 0.377 e. The summed E-state index contributed by atoms with van der Waals surface area (Å²) in [4.78, 5) is 10.9. The Bertz CT molecular complexity index is 526. The fraction of sp³-hybridized carbons (Fsp3) is 0.647. The molecule has 2 fully saturated rings. The molecule has 2 aliphatic rings. The van der Waals surface area contributed by atoms with Crippen molar-refractivity contribution in [3.8, 4) is 0 Å². The quantitative estimate of drug-likeness (QED) is 0.641. The van der Waals surface area contributed by atoms with E-state index in [9.17, 15) is 10.1 Å². The molecule has 1 spiro atoms. The van der Waals surface area contributed by atoms with Gasteiger partial charge in [-0.1, -0.05) is 18.9 Å². The molecule has 0 heterocycles. The summed E-state index contributed by atoms with van der Waals surface area (Å²) >= 11 is 0. The van der Waals surface area contributed by atoms with Crippen molar-refractivity contribution in [2.45, 2.75) is 64.3 Å². The van der Waals surface area contributed by atoms with E-state index in [1.54, 1.807) is 6.07 Å². The predicted molar refractivity (Wildman–Crippen MR) is 84.6 cm³/mol. The van der Waals surface area contributed by atoms with Crippen molar-refractivity contribution in [3.63, 3.8) is 0 Å². The zero-order valence-electron chi connectivity index (χ0n) is 12.7. The standard InChI is InChI=1S/C17H24N2O2/c1-13-4-5-15(16(12-13)19(20)21)18-14-6-10-17(11-7-14)8-2-3-9-17/h4-5,12,14,18H,2-3,6-11H2,1H3. The lowest BCUT2D eigenvalue weighted by atomic mass is 9.71. The van der Waals surface area contributed by atoms with Gasteiger partial charge in [0.15, 0.2) is 0 Å². The summed E-state index contributed by atoms with van der Waals surface area (Å²) in [5.74, 6) is 0. The zero-order chi connectivity index (χ0) is 14.9. The van der Waals surface area contributed by atoms with Crippen LogP contribution in [0.3, 0.4) is 0 Å². The normalized spacial score (nSPS) is 21.6. The van der Waals surface area contributed by atoms with Gasteiger partial charge in [-0.3, -0.25) is 10.1 Å². The van der Waals surface area contributed by atoms with Gasteiger partial charge in [0.05, 0.1) is 4.92 Å². The Morgan fingerprint density at radius 2 is 1.86 bits per heavy atom. The molecule has 0 radical (unpaired) electrons. The minimum Gasteiger partial charge on any atom is -0.377 e. The molecule has 0 atom stereocenters. The number of nitro benzene ring substituents is 1. The van der Waals surface area contributed by atoms with Crippen molar-refractivity contribution in [2.75, 3.05) is 5.32 Å². The summed E-state index contributed by atoms with van der Waals surface area (Å²) in [5.41, 5.74) is 2.42. The molecule has 0 aromatic heterocycles. The van der Waals surface area contributed by atoms with Gasteiger partial charge < -0.3 is 5.32 Å². The molecule has 21 heavy (non-hydrogen) atoms. The van der Waals surface area contributed by atoms with Crippen LogP contribution >= 0.6 is 0 Å². The minimum atomic E-state index is -0.281. The van der Waals surface area contributed by atoms with Gasteiger partial charge in [-0.15, -0.1) is 0 Å². The number of aryl methyl sites for hydroxylation is 1. The maximum atomic E-state index is 11.2. The van der Waals surface area contributed by atoms with E-state index >= 15 is 0 Å². The van der Waals surface area contributed by atoms with Crippen LogP contribution < -0.4 is 5.32 Å². The second-order valence-electron chi connectivity index (χ2n) is 6.90. The highest BCUT2D eigenvalue weighted by Gasteiger charge is 2.37. The lowest BCUT2D eigenvalue weighted by Gasteiger charge is -2.37. The lowest BCUT2D eigenvalue weighted by molar-refractivity contribution is -0.384. The highest BCUT2D eigenvalue weighted by atomic mass is 16.6. The first-order valence-electron chi connectivity index (χ1n) is 8.10. The molecule has 0 bridgehead atoms. The fourth-order valence-corrected chi connectivity index (χ4v) is 4.13. The van der Waals surface area contributed by atoms with Crippen LogP contribution in [0.15, 0.2) is 18.2 Å². The van der Waals surface area contributed by atoms with Crippen molar-refractivity contribution in [2.24, 2.45) is 5.41 Å². The van der Waals surface area contributed by atoms with E-state index in [1.165, 1.54) is 38.5 Å². The van der Waals surface area contributed by atoms with E-state index in [2.05, 4.69) is 5.32 Å². The Morgan fingerprint density at radius 3 is 2.48 bits per heavy atom. The molecule has 2 saturated carbocycles. The van der Waals surface area contributed by atoms with Gasteiger partial charge in [-0.2, -0.15) is 0 Å². The van der Waals surface area contributed by atoms with E-state index < -0.39 is 0 Å².